The Morgan fingerprint density at radius 1 is 0.476 bits per heavy atom. The van der Waals surface area contributed by atoms with Crippen molar-refractivity contribution in [2.24, 2.45) is 5.84 Å². The molecule has 0 radical (unpaired) electrons. The van der Waals surface area contributed by atoms with Crippen LogP contribution in [0.2, 0.25) is 0 Å². The highest BCUT2D eigenvalue weighted by molar-refractivity contribution is 4.51. The molecule has 0 aliphatic heterocycles. The second-order valence-corrected chi connectivity index (χ2v) is 6.63. The van der Waals surface area contributed by atoms with Gasteiger partial charge in [0.2, 0.25) is 0 Å². The molecular formula is C19H42N2. The maximum absolute atomic E-state index is 5.86. The van der Waals surface area contributed by atoms with Gasteiger partial charge in [0, 0.05) is 13.1 Å². The molecule has 0 bridgehead atoms. The maximum atomic E-state index is 5.86. The molecule has 2 heteroatoms. The monoisotopic (exact) mass is 298 g/mol. The predicted molar refractivity (Wildman–Crippen MR) is 96.4 cm³/mol. The summed E-state index contributed by atoms with van der Waals surface area (Å²) < 4.78 is 0. The average molecular weight is 299 g/mol. The lowest BCUT2D eigenvalue weighted by atomic mass is 10.0. The van der Waals surface area contributed by atoms with E-state index in [-0.39, 0.29) is 0 Å². The van der Waals surface area contributed by atoms with Gasteiger partial charge >= 0.3 is 0 Å². The Hall–Kier alpha value is -0.0800. The summed E-state index contributed by atoms with van der Waals surface area (Å²) >= 11 is 0. The number of hydrogen-bond donors (Lipinski definition) is 1. The Morgan fingerprint density at radius 2 is 0.857 bits per heavy atom. The molecule has 0 saturated heterocycles. The third-order valence-corrected chi connectivity index (χ3v) is 4.31. The van der Waals surface area contributed by atoms with Crippen molar-refractivity contribution in [2.75, 3.05) is 13.1 Å². The van der Waals surface area contributed by atoms with Crippen LogP contribution in [0.25, 0.3) is 0 Å². The third-order valence-electron chi connectivity index (χ3n) is 4.31. The first-order chi connectivity index (χ1) is 10.3. The molecule has 0 fully saturated rings. The Balaban J connectivity index is 2.99. The van der Waals surface area contributed by atoms with Crippen molar-refractivity contribution in [1.82, 2.24) is 5.01 Å². The zero-order chi connectivity index (χ0) is 15.6. The Labute approximate surface area is 134 Å². The first-order valence-corrected chi connectivity index (χ1v) is 9.80. The lowest BCUT2D eigenvalue weighted by Crippen LogP contribution is -2.32. The average Bonchev–Trinajstić information content (AvgIpc) is 2.48. The lowest BCUT2D eigenvalue weighted by molar-refractivity contribution is 0.276. The standard InChI is InChI=1S/C19H42N2/c1-3-5-6-7-8-9-10-11-12-13-14-15-16-17-19-21(20)18-4-2/h3-20H2,1-2H3. The van der Waals surface area contributed by atoms with Crippen LogP contribution in [0.4, 0.5) is 0 Å². The smallest absolute Gasteiger partial charge is 0.0128 e. The first kappa shape index (κ1) is 20.9. The highest BCUT2D eigenvalue weighted by Gasteiger charge is 1.97. The second-order valence-electron chi connectivity index (χ2n) is 6.63. The van der Waals surface area contributed by atoms with E-state index in [0.717, 1.165) is 19.5 Å². The Morgan fingerprint density at radius 3 is 1.24 bits per heavy atom. The molecule has 0 aromatic heterocycles. The van der Waals surface area contributed by atoms with E-state index < -0.39 is 0 Å². The molecule has 0 spiro atoms. The number of nitrogens with two attached hydrogens (primary N) is 1. The van der Waals surface area contributed by atoms with Crippen LogP contribution in [0.15, 0.2) is 0 Å². The van der Waals surface area contributed by atoms with Gasteiger partial charge in [0.1, 0.15) is 0 Å². The molecule has 21 heavy (non-hydrogen) atoms. The van der Waals surface area contributed by atoms with Crippen molar-refractivity contribution in [2.45, 2.75) is 110 Å². The molecule has 128 valence electrons. The van der Waals surface area contributed by atoms with E-state index in [1.807, 2.05) is 5.01 Å². The zero-order valence-corrected chi connectivity index (χ0v) is 15.0. The number of unbranched alkanes of at least 4 members (excludes halogenated alkanes) is 13. The summed E-state index contributed by atoms with van der Waals surface area (Å²) in [5.74, 6) is 5.86. The summed E-state index contributed by atoms with van der Waals surface area (Å²) in [7, 11) is 0. The van der Waals surface area contributed by atoms with Crippen LogP contribution in [-0.2, 0) is 0 Å². The summed E-state index contributed by atoms with van der Waals surface area (Å²) in [6.07, 6.45) is 21.1. The quantitative estimate of drug-likeness (QED) is 0.201. The van der Waals surface area contributed by atoms with E-state index in [1.54, 1.807) is 0 Å². The van der Waals surface area contributed by atoms with E-state index in [2.05, 4.69) is 13.8 Å². The van der Waals surface area contributed by atoms with Gasteiger partial charge in [-0.25, -0.2) is 5.01 Å². The molecule has 0 saturated carbocycles. The first-order valence-electron chi connectivity index (χ1n) is 9.80. The van der Waals surface area contributed by atoms with Crippen molar-refractivity contribution in [3.05, 3.63) is 0 Å². The van der Waals surface area contributed by atoms with E-state index in [4.69, 9.17) is 5.84 Å². The summed E-state index contributed by atoms with van der Waals surface area (Å²) in [6, 6.07) is 0. The summed E-state index contributed by atoms with van der Waals surface area (Å²) in [6.45, 7) is 6.59. The van der Waals surface area contributed by atoms with Crippen LogP contribution >= 0.6 is 0 Å². The summed E-state index contributed by atoms with van der Waals surface area (Å²) in [5.41, 5.74) is 0. The van der Waals surface area contributed by atoms with Gasteiger partial charge in [-0.1, -0.05) is 97.3 Å². The number of nitrogens with zero attached hydrogens (tertiary/aromatic N) is 1. The minimum Gasteiger partial charge on any atom is -0.269 e. The lowest BCUT2D eigenvalue weighted by Gasteiger charge is -2.14. The zero-order valence-electron chi connectivity index (χ0n) is 15.0. The highest BCUT2D eigenvalue weighted by Crippen LogP contribution is 2.12. The molecule has 0 amide bonds. The van der Waals surface area contributed by atoms with Crippen LogP contribution in [-0.4, -0.2) is 18.1 Å². The van der Waals surface area contributed by atoms with Crippen LogP contribution in [0.5, 0.6) is 0 Å². The van der Waals surface area contributed by atoms with Gasteiger partial charge in [-0.05, 0) is 12.8 Å². The second kappa shape index (κ2) is 18.0. The summed E-state index contributed by atoms with van der Waals surface area (Å²) in [5, 5.41) is 1.97. The fourth-order valence-corrected chi connectivity index (χ4v) is 2.91. The molecule has 0 aromatic rings. The van der Waals surface area contributed by atoms with Gasteiger partial charge < -0.3 is 0 Å². The molecule has 2 nitrogen and oxygen atoms in total. The molecule has 0 rings (SSSR count). The minimum atomic E-state index is 1.04. The van der Waals surface area contributed by atoms with Gasteiger partial charge in [-0.2, -0.15) is 0 Å². The van der Waals surface area contributed by atoms with Crippen LogP contribution in [0.1, 0.15) is 110 Å². The fourth-order valence-electron chi connectivity index (χ4n) is 2.91. The van der Waals surface area contributed by atoms with Gasteiger partial charge in [0.25, 0.3) is 0 Å². The van der Waals surface area contributed by atoms with Gasteiger partial charge in [0.15, 0.2) is 0 Å². The van der Waals surface area contributed by atoms with E-state index in [1.165, 1.54) is 89.9 Å². The maximum Gasteiger partial charge on any atom is 0.0128 e. The normalized spacial score (nSPS) is 11.4. The fraction of sp³-hybridized carbons (Fsp3) is 1.00. The van der Waals surface area contributed by atoms with E-state index in [9.17, 15) is 0 Å². The van der Waals surface area contributed by atoms with Crippen LogP contribution < -0.4 is 5.84 Å². The Bertz CT molecular complexity index is 182. The number of hydrazine groups is 1. The molecule has 2 N–H and O–H groups in total. The van der Waals surface area contributed by atoms with Crippen molar-refractivity contribution in [3.63, 3.8) is 0 Å². The van der Waals surface area contributed by atoms with Gasteiger partial charge in [-0.15, -0.1) is 0 Å². The largest absolute Gasteiger partial charge is 0.269 e. The van der Waals surface area contributed by atoms with Crippen LogP contribution in [0, 0.1) is 0 Å². The van der Waals surface area contributed by atoms with Gasteiger partial charge in [-0.3, -0.25) is 5.84 Å². The van der Waals surface area contributed by atoms with Crippen molar-refractivity contribution in [3.8, 4) is 0 Å². The van der Waals surface area contributed by atoms with Crippen molar-refractivity contribution >= 4 is 0 Å². The predicted octanol–water partition coefficient (Wildman–Crippen LogP) is 6.05. The molecule has 0 aromatic carbocycles. The third kappa shape index (κ3) is 17.9. The SMILES string of the molecule is CCCCCCCCCCCCCCCCN(N)CCC. The molecule has 0 heterocycles. The van der Waals surface area contributed by atoms with E-state index in [0.29, 0.717) is 0 Å². The molecule has 0 unspecified atom stereocenters. The highest BCUT2D eigenvalue weighted by atomic mass is 15.4. The topological polar surface area (TPSA) is 29.3 Å². The molecular weight excluding hydrogens is 256 g/mol. The van der Waals surface area contributed by atoms with Crippen LogP contribution in [0.3, 0.4) is 0 Å². The van der Waals surface area contributed by atoms with Crippen molar-refractivity contribution < 1.29 is 0 Å². The molecule has 0 aliphatic rings. The summed E-state index contributed by atoms with van der Waals surface area (Å²) in [4.78, 5) is 0. The molecule has 0 aliphatic carbocycles. The minimum absolute atomic E-state index is 1.04. The van der Waals surface area contributed by atoms with Crippen molar-refractivity contribution in [1.29, 1.82) is 0 Å². The molecule has 0 atom stereocenters. The Kier molecular flexibility index (Phi) is 17.9. The number of hydrogen-bond acceptors (Lipinski definition) is 2. The number of rotatable bonds is 17. The van der Waals surface area contributed by atoms with E-state index >= 15 is 0 Å². The van der Waals surface area contributed by atoms with Gasteiger partial charge in [0.05, 0.1) is 0 Å².